The van der Waals surface area contributed by atoms with Crippen LogP contribution in [0.1, 0.15) is 0 Å². The first-order valence-electron chi connectivity index (χ1n) is 3.63. The van der Waals surface area contributed by atoms with Gasteiger partial charge in [0.05, 0.1) is 10.3 Å². The summed E-state index contributed by atoms with van der Waals surface area (Å²) in [6.07, 6.45) is 0. The predicted molar refractivity (Wildman–Crippen MR) is 43.4 cm³/mol. The number of nitrogens with zero attached hydrogens (tertiary/aromatic N) is 4. The molecule has 0 atom stereocenters. The van der Waals surface area contributed by atoms with Gasteiger partial charge in [0, 0.05) is 11.9 Å². The highest BCUT2D eigenvalue weighted by Gasteiger charge is 2.12. The Morgan fingerprint density at radius 1 is 1.29 bits per heavy atom. The van der Waals surface area contributed by atoms with Crippen LogP contribution in [0.4, 0.5) is 5.69 Å². The van der Waals surface area contributed by atoms with Crippen molar-refractivity contribution in [2.24, 2.45) is 0 Å². The van der Waals surface area contributed by atoms with Crippen LogP contribution in [0, 0.1) is 10.1 Å². The van der Waals surface area contributed by atoms with E-state index in [1.54, 1.807) is 0 Å². The van der Waals surface area contributed by atoms with Crippen molar-refractivity contribution in [2.45, 2.75) is 0 Å². The zero-order valence-corrected chi connectivity index (χ0v) is 6.75. The lowest BCUT2D eigenvalue weighted by molar-refractivity contribution is -0.383. The average Bonchev–Trinajstić information content (AvgIpc) is 2.17. The standard InChI is InChI=1S/C7H4N4O3/c12-7-6-4(8-10-9-7)2-1-3-5(6)11(13)14/h1-3H,(H,8,9,12)/p-1. The fraction of sp³-hybridized carbons (Fsp3) is 0. The fourth-order valence-corrected chi connectivity index (χ4v) is 1.14. The molecular formula is C7H3N4O3-. The molecule has 7 heteroatoms. The first-order valence-corrected chi connectivity index (χ1v) is 3.63. The molecule has 2 rings (SSSR count). The van der Waals surface area contributed by atoms with E-state index in [2.05, 4.69) is 15.4 Å². The number of nitro groups is 1. The third kappa shape index (κ3) is 1.11. The number of aromatic nitrogens is 3. The molecule has 0 saturated carbocycles. The van der Waals surface area contributed by atoms with Gasteiger partial charge in [-0.25, -0.2) is 0 Å². The van der Waals surface area contributed by atoms with Crippen molar-refractivity contribution in [1.29, 1.82) is 0 Å². The molecule has 7 nitrogen and oxygen atoms in total. The summed E-state index contributed by atoms with van der Waals surface area (Å²) in [7, 11) is 0. The molecule has 14 heavy (non-hydrogen) atoms. The molecular weight excluding hydrogens is 188 g/mol. The fourth-order valence-electron chi connectivity index (χ4n) is 1.14. The number of nitro benzene ring substituents is 1. The Balaban J connectivity index is 2.91. The summed E-state index contributed by atoms with van der Waals surface area (Å²) in [6.45, 7) is 0. The molecule has 0 unspecified atom stereocenters. The van der Waals surface area contributed by atoms with Gasteiger partial charge < -0.3 is 5.11 Å². The van der Waals surface area contributed by atoms with Crippen LogP contribution in [0.2, 0.25) is 0 Å². The molecule has 0 spiro atoms. The molecule has 0 saturated heterocycles. The first-order chi connectivity index (χ1) is 6.70. The maximum atomic E-state index is 11.2. The average molecular weight is 191 g/mol. The summed E-state index contributed by atoms with van der Waals surface area (Å²) >= 11 is 0. The maximum absolute atomic E-state index is 11.2. The minimum atomic E-state index is -0.734. The third-order valence-electron chi connectivity index (χ3n) is 1.72. The van der Waals surface area contributed by atoms with Crippen LogP contribution in [-0.4, -0.2) is 20.3 Å². The number of hydrogen-bond donors (Lipinski definition) is 0. The Bertz CT molecular complexity index is 508. The van der Waals surface area contributed by atoms with E-state index in [0.717, 1.165) is 0 Å². The Kier molecular flexibility index (Phi) is 1.70. The van der Waals surface area contributed by atoms with Crippen molar-refractivity contribution >= 4 is 16.6 Å². The highest BCUT2D eigenvalue weighted by Crippen LogP contribution is 2.27. The molecule has 0 N–H and O–H groups in total. The van der Waals surface area contributed by atoms with Crippen molar-refractivity contribution in [3.8, 4) is 5.88 Å². The molecule has 2 aromatic rings. The second-order valence-electron chi connectivity index (χ2n) is 2.52. The Morgan fingerprint density at radius 3 is 2.79 bits per heavy atom. The van der Waals surface area contributed by atoms with Crippen LogP contribution < -0.4 is 5.11 Å². The Hall–Kier alpha value is -2.31. The van der Waals surface area contributed by atoms with Gasteiger partial charge in [-0.1, -0.05) is 6.07 Å². The van der Waals surface area contributed by atoms with Gasteiger partial charge in [0.2, 0.25) is 0 Å². The molecule has 0 aliphatic carbocycles. The van der Waals surface area contributed by atoms with Crippen LogP contribution >= 0.6 is 0 Å². The molecule has 1 aromatic heterocycles. The van der Waals surface area contributed by atoms with Crippen LogP contribution in [-0.2, 0) is 0 Å². The topological polar surface area (TPSA) is 105 Å². The summed E-state index contributed by atoms with van der Waals surface area (Å²) in [5.74, 6) is -0.734. The lowest BCUT2D eigenvalue weighted by atomic mass is 10.2. The maximum Gasteiger partial charge on any atom is 0.279 e. The summed E-state index contributed by atoms with van der Waals surface area (Å²) in [5.41, 5.74) is -0.117. The summed E-state index contributed by atoms with van der Waals surface area (Å²) < 4.78 is 0. The van der Waals surface area contributed by atoms with Crippen LogP contribution in [0.5, 0.6) is 5.88 Å². The van der Waals surface area contributed by atoms with E-state index in [0.29, 0.717) is 0 Å². The third-order valence-corrected chi connectivity index (χ3v) is 1.72. The highest BCUT2D eigenvalue weighted by molar-refractivity contribution is 5.91. The number of benzene rings is 1. The summed E-state index contributed by atoms with van der Waals surface area (Å²) in [5, 5.41) is 31.5. The van der Waals surface area contributed by atoms with Crippen LogP contribution in [0.3, 0.4) is 0 Å². The zero-order chi connectivity index (χ0) is 10.1. The van der Waals surface area contributed by atoms with Crippen molar-refractivity contribution in [3.63, 3.8) is 0 Å². The van der Waals surface area contributed by atoms with Crippen LogP contribution in [0.25, 0.3) is 10.9 Å². The van der Waals surface area contributed by atoms with E-state index in [4.69, 9.17) is 0 Å². The Labute approximate surface area is 77.2 Å². The second-order valence-corrected chi connectivity index (χ2v) is 2.52. The number of non-ortho nitro benzene ring substituents is 1. The van der Waals surface area contributed by atoms with E-state index in [1.807, 2.05) is 0 Å². The summed E-state index contributed by atoms with van der Waals surface area (Å²) in [6, 6.07) is 4.14. The molecule has 70 valence electrons. The van der Waals surface area contributed by atoms with E-state index >= 15 is 0 Å². The van der Waals surface area contributed by atoms with Gasteiger partial charge in [-0.15, -0.1) is 10.2 Å². The molecule has 1 heterocycles. The monoisotopic (exact) mass is 191 g/mol. The molecule has 0 fully saturated rings. The molecule has 0 aliphatic rings. The minimum absolute atomic E-state index is 0.104. The number of hydrogen-bond acceptors (Lipinski definition) is 6. The first kappa shape index (κ1) is 8.30. The van der Waals surface area contributed by atoms with Crippen molar-refractivity contribution in [1.82, 2.24) is 15.4 Å². The number of fused-ring (bicyclic) bond motifs is 1. The van der Waals surface area contributed by atoms with Gasteiger partial charge in [0.25, 0.3) is 5.69 Å². The van der Waals surface area contributed by atoms with E-state index in [9.17, 15) is 15.2 Å². The second kappa shape index (κ2) is 2.87. The highest BCUT2D eigenvalue weighted by atomic mass is 16.6. The molecule has 1 aromatic carbocycles. The largest absolute Gasteiger partial charge is 0.857 e. The molecule has 0 radical (unpaired) electrons. The van der Waals surface area contributed by atoms with E-state index in [1.165, 1.54) is 18.2 Å². The quantitative estimate of drug-likeness (QED) is 0.464. The van der Waals surface area contributed by atoms with E-state index in [-0.39, 0.29) is 16.6 Å². The van der Waals surface area contributed by atoms with Crippen molar-refractivity contribution in [2.75, 3.05) is 0 Å². The lowest BCUT2D eigenvalue weighted by Gasteiger charge is -2.05. The summed E-state index contributed by atoms with van der Waals surface area (Å²) in [4.78, 5) is 9.91. The zero-order valence-electron chi connectivity index (χ0n) is 6.75. The predicted octanol–water partition coefficient (Wildman–Crippen LogP) is 0.00660. The Morgan fingerprint density at radius 2 is 2.07 bits per heavy atom. The van der Waals surface area contributed by atoms with Crippen molar-refractivity contribution < 1.29 is 10.0 Å². The smallest absolute Gasteiger partial charge is 0.279 e. The number of rotatable bonds is 1. The van der Waals surface area contributed by atoms with Gasteiger partial charge in [0.15, 0.2) is 0 Å². The van der Waals surface area contributed by atoms with E-state index < -0.39 is 10.8 Å². The normalized spacial score (nSPS) is 10.3. The molecule has 0 bridgehead atoms. The van der Waals surface area contributed by atoms with Gasteiger partial charge in [0.1, 0.15) is 5.52 Å². The molecule has 0 aliphatic heterocycles. The van der Waals surface area contributed by atoms with Gasteiger partial charge >= 0.3 is 0 Å². The van der Waals surface area contributed by atoms with Crippen molar-refractivity contribution in [3.05, 3.63) is 28.3 Å². The minimum Gasteiger partial charge on any atom is -0.857 e. The van der Waals surface area contributed by atoms with Gasteiger partial charge in [-0.05, 0) is 11.3 Å². The molecule has 0 amide bonds. The van der Waals surface area contributed by atoms with Gasteiger partial charge in [-0.2, -0.15) is 0 Å². The lowest BCUT2D eigenvalue weighted by Crippen LogP contribution is -2.01. The van der Waals surface area contributed by atoms with Gasteiger partial charge in [-0.3, -0.25) is 10.1 Å². The van der Waals surface area contributed by atoms with Crippen LogP contribution in [0.15, 0.2) is 18.2 Å². The SMILES string of the molecule is O=[N+]([O-])c1cccc2nnnc([O-])c12.